The van der Waals surface area contributed by atoms with Gasteiger partial charge in [-0.2, -0.15) is 0 Å². The molecule has 5 rings (SSSR count). The minimum atomic E-state index is 0.0160. The van der Waals surface area contributed by atoms with Crippen LogP contribution < -0.4 is 9.47 Å². The molecule has 2 aromatic heterocycles. The Morgan fingerprint density at radius 3 is 2.68 bits per heavy atom. The molecule has 0 atom stereocenters. The molecule has 3 heterocycles. The fourth-order valence-electron chi connectivity index (χ4n) is 3.70. The van der Waals surface area contributed by atoms with Crippen molar-refractivity contribution in [2.75, 3.05) is 26.0 Å². The number of amides is 1. The van der Waals surface area contributed by atoms with Gasteiger partial charge < -0.3 is 14.4 Å². The van der Waals surface area contributed by atoms with E-state index in [1.54, 1.807) is 16.2 Å². The number of rotatable bonds is 8. The first-order valence-corrected chi connectivity index (χ1v) is 12.8. The average molecular weight is 493 g/mol. The second-order valence-electron chi connectivity index (χ2n) is 7.84. The molecule has 2 aromatic carbocycles. The van der Waals surface area contributed by atoms with Gasteiger partial charge in [0, 0.05) is 30.6 Å². The molecule has 1 aliphatic rings. The normalized spacial score (nSPS) is 12.5. The zero-order valence-corrected chi connectivity index (χ0v) is 20.3. The van der Waals surface area contributed by atoms with Crippen LogP contribution in [0.25, 0.3) is 5.69 Å². The van der Waals surface area contributed by atoms with Crippen LogP contribution in [0.3, 0.4) is 0 Å². The fourth-order valence-corrected chi connectivity index (χ4v) is 5.31. The van der Waals surface area contributed by atoms with E-state index in [9.17, 15) is 4.79 Å². The lowest BCUT2D eigenvalue weighted by Crippen LogP contribution is -2.28. The van der Waals surface area contributed by atoms with Crippen LogP contribution in [-0.2, 0) is 17.8 Å². The van der Waals surface area contributed by atoms with Crippen LogP contribution in [0.2, 0.25) is 0 Å². The Hall–Kier alpha value is -3.30. The molecule has 9 heteroatoms. The third-order valence-electron chi connectivity index (χ3n) is 5.40. The lowest BCUT2D eigenvalue weighted by molar-refractivity contribution is -0.127. The molecule has 0 radical (unpaired) electrons. The van der Waals surface area contributed by atoms with Gasteiger partial charge in [0.05, 0.1) is 5.75 Å². The summed E-state index contributed by atoms with van der Waals surface area (Å²) >= 11 is 3.10. The topological polar surface area (TPSA) is 69.5 Å². The van der Waals surface area contributed by atoms with Crippen LogP contribution in [0.4, 0.5) is 0 Å². The van der Waals surface area contributed by atoms with Crippen LogP contribution in [-0.4, -0.2) is 51.6 Å². The van der Waals surface area contributed by atoms with E-state index in [4.69, 9.17) is 9.47 Å². The van der Waals surface area contributed by atoms with Gasteiger partial charge in [-0.05, 0) is 41.3 Å². The number of nitrogens with zero attached hydrogens (tertiary/aromatic N) is 4. The number of hydrogen-bond acceptors (Lipinski definition) is 7. The summed E-state index contributed by atoms with van der Waals surface area (Å²) < 4.78 is 13.3. The van der Waals surface area contributed by atoms with Crippen LogP contribution in [0.15, 0.2) is 71.2 Å². The molecule has 0 fully saturated rings. The highest BCUT2D eigenvalue weighted by molar-refractivity contribution is 7.99. The molecule has 4 aromatic rings. The summed E-state index contributed by atoms with van der Waals surface area (Å²) in [6, 6.07) is 20.0. The molecule has 7 nitrogen and oxygen atoms in total. The number of fused-ring (bicyclic) bond motifs is 1. The molecule has 0 bridgehead atoms. The Balaban J connectivity index is 1.27. The van der Waals surface area contributed by atoms with E-state index in [1.807, 2.05) is 66.2 Å². The first-order chi connectivity index (χ1) is 16.7. The van der Waals surface area contributed by atoms with Gasteiger partial charge in [-0.15, -0.1) is 21.5 Å². The number of ether oxygens (including phenoxy) is 2. The van der Waals surface area contributed by atoms with Gasteiger partial charge in [-0.25, -0.2) is 0 Å². The lowest BCUT2D eigenvalue weighted by Gasteiger charge is -2.21. The Kier molecular flexibility index (Phi) is 6.82. The molecule has 174 valence electrons. The minimum absolute atomic E-state index is 0.0160. The average Bonchev–Trinajstić information content (AvgIpc) is 3.53. The number of para-hydroxylation sites is 1. The number of thioether (sulfide) groups is 1. The molecule has 0 saturated carbocycles. The molecular weight excluding hydrogens is 468 g/mol. The maximum absolute atomic E-state index is 12.9. The largest absolute Gasteiger partial charge is 0.486 e. The van der Waals surface area contributed by atoms with Gasteiger partial charge >= 0.3 is 0 Å². The van der Waals surface area contributed by atoms with E-state index in [-0.39, 0.29) is 11.7 Å². The van der Waals surface area contributed by atoms with Gasteiger partial charge in [0.25, 0.3) is 0 Å². The van der Waals surface area contributed by atoms with Crippen molar-refractivity contribution in [2.45, 2.75) is 18.1 Å². The summed E-state index contributed by atoms with van der Waals surface area (Å²) in [6.45, 7) is 1.59. The number of carbonyl (C=O) groups is 1. The number of benzene rings is 2. The van der Waals surface area contributed by atoms with Crippen LogP contribution in [0.1, 0.15) is 16.3 Å². The van der Waals surface area contributed by atoms with Gasteiger partial charge in [0.2, 0.25) is 5.91 Å². The third kappa shape index (κ3) is 5.10. The van der Waals surface area contributed by atoms with E-state index in [0.29, 0.717) is 31.3 Å². The van der Waals surface area contributed by atoms with E-state index in [0.717, 1.165) is 28.6 Å². The van der Waals surface area contributed by atoms with Gasteiger partial charge in [0.1, 0.15) is 19.0 Å². The molecule has 1 amide bonds. The second kappa shape index (κ2) is 10.3. The highest BCUT2D eigenvalue weighted by Gasteiger charge is 2.19. The quantitative estimate of drug-likeness (QED) is 0.339. The van der Waals surface area contributed by atoms with E-state index in [1.165, 1.54) is 16.6 Å². The Bertz CT molecular complexity index is 1260. The summed E-state index contributed by atoms with van der Waals surface area (Å²) in [6.07, 6.45) is 0.693. The van der Waals surface area contributed by atoms with Crippen LogP contribution in [0, 0.1) is 0 Å². The summed E-state index contributed by atoms with van der Waals surface area (Å²) in [5.74, 6) is 2.62. The minimum Gasteiger partial charge on any atom is -0.486 e. The molecule has 0 N–H and O–H groups in total. The standard InChI is InChI=1S/C25H24N4O3S2/c1-28(16-18-9-10-21-22(14-18)32-12-11-31-21)24(30)17-34-25-27-26-23(15-20-8-5-13-33-20)29(25)19-6-3-2-4-7-19/h2-10,13-14H,11-12,15-17H2,1H3. The van der Waals surface area contributed by atoms with Crippen LogP contribution >= 0.6 is 23.1 Å². The van der Waals surface area contributed by atoms with Crippen LogP contribution in [0.5, 0.6) is 11.5 Å². The number of hydrogen-bond donors (Lipinski definition) is 0. The zero-order valence-electron chi connectivity index (χ0n) is 18.7. The van der Waals surface area contributed by atoms with Crippen molar-refractivity contribution in [1.82, 2.24) is 19.7 Å². The molecule has 0 spiro atoms. The summed E-state index contributed by atoms with van der Waals surface area (Å²) in [4.78, 5) is 15.8. The smallest absolute Gasteiger partial charge is 0.233 e. The molecule has 34 heavy (non-hydrogen) atoms. The third-order valence-corrected chi connectivity index (χ3v) is 7.19. The highest BCUT2D eigenvalue weighted by Crippen LogP contribution is 2.31. The number of aromatic nitrogens is 3. The summed E-state index contributed by atoms with van der Waals surface area (Å²) in [5.41, 5.74) is 1.98. The van der Waals surface area contributed by atoms with E-state index >= 15 is 0 Å². The predicted molar refractivity (Wildman–Crippen MR) is 133 cm³/mol. The van der Waals surface area contributed by atoms with E-state index in [2.05, 4.69) is 21.6 Å². The Morgan fingerprint density at radius 1 is 1.06 bits per heavy atom. The maximum atomic E-state index is 12.9. The molecule has 0 saturated heterocycles. The number of carbonyl (C=O) groups excluding carboxylic acids is 1. The zero-order chi connectivity index (χ0) is 23.3. The SMILES string of the molecule is CN(Cc1ccc2c(c1)OCCO2)C(=O)CSc1nnc(Cc2cccs2)n1-c1ccccc1. The van der Waals surface area contributed by atoms with Crippen molar-refractivity contribution < 1.29 is 14.3 Å². The van der Waals surface area contributed by atoms with Gasteiger partial charge in [0.15, 0.2) is 16.7 Å². The Labute approximate surface area is 206 Å². The van der Waals surface area contributed by atoms with Crippen molar-refractivity contribution in [2.24, 2.45) is 0 Å². The van der Waals surface area contributed by atoms with Crippen molar-refractivity contribution in [1.29, 1.82) is 0 Å². The molecule has 1 aliphatic heterocycles. The maximum Gasteiger partial charge on any atom is 0.233 e. The first-order valence-electron chi connectivity index (χ1n) is 10.9. The summed E-state index contributed by atoms with van der Waals surface area (Å²) in [5, 5.41) is 11.6. The fraction of sp³-hybridized carbons (Fsp3) is 0.240. The van der Waals surface area contributed by atoms with Gasteiger partial charge in [-0.3, -0.25) is 9.36 Å². The van der Waals surface area contributed by atoms with Gasteiger partial charge in [-0.1, -0.05) is 42.1 Å². The molecule has 0 unspecified atom stereocenters. The van der Waals surface area contributed by atoms with E-state index < -0.39 is 0 Å². The van der Waals surface area contributed by atoms with Crippen molar-refractivity contribution >= 4 is 29.0 Å². The summed E-state index contributed by atoms with van der Waals surface area (Å²) in [7, 11) is 1.81. The second-order valence-corrected chi connectivity index (χ2v) is 9.82. The number of thiophene rings is 1. The molecule has 0 aliphatic carbocycles. The molecular formula is C25H24N4O3S2. The van der Waals surface area contributed by atoms with Crippen molar-refractivity contribution in [3.05, 3.63) is 82.3 Å². The monoisotopic (exact) mass is 492 g/mol. The Morgan fingerprint density at radius 2 is 1.88 bits per heavy atom. The highest BCUT2D eigenvalue weighted by atomic mass is 32.2. The first kappa shape index (κ1) is 22.5. The predicted octanol–water partition coefficient (Wildman–Crippen LogP) is 4.44. The van der Waals surface area contributed by atoms with Crippen molar-refractivity contribution in [3.8, 4) is 17.2 Å². The lowest BCUT2D eigenvalue weighted by atomic mass is 10.2. The van der Waals surface area contributed by atoms with Crippen molar-refractivity contribution in [3.63, 3.8) is 0 Å².